The van der Waals surface area contributed by atoms with E-state index < -0.39 is 0 Å². The van der Waals surface area contributed by atoms with Crippen molar-refractivity contribution >= 4 is 28.1 Å². The predicted octanol–water partition coefficient (Wildman–Crippen LogP) is 0.797. The Morgan fingerprint density at radius 2 is 2.29 bits per heavy atom. The van der Waals surface area contributed by atoms with E-state index in [4.69, 9.17) is 21.4 Å². The average Bonchev–Trinajstić information content (AvgIpc) is 2.20. The molecule has 0 unspecified atom stereocenters. The summed E-state index contributed by atoms with van der Waals surface area (Å²) in [5.41, 5.74) is 11.1. The monoisotopic (exact) mass is 301 g/mol. The van der Waals surface area contributed by atoms with Gasteiger partial charge in [-0.1, -0.05) is 15.9 Å². The van der Waals surface area contributed by atoms with Crippen LogP contribution < -0.4 is 16.2 Å². The highest BCUT2D eigenvalue weighted by Crippen LogP contribution is 2.21. The summed E-state index contributed by atoms with van der Waals surface area (Å²) in [5.74, 6) is 0.492. The van der Waals surface area contributed by atoms with Crippen LogP contribution in [-0.4, -0.2) is 28.8 Å². The number of ether oxygens (including phenoxy) is 1. The highest BCUT2D eigenvalue weighted by molar-refractivity contribution is 9.10. The molecule has 5 N–H and O–H groups in total. The molecule has 0 heterocycles. The van der Waals surface area contributed by atoms with Crippen LogP contribution in [0.2, 0.25) is 0 Å². The van der Waals surface area contributed by atoms with E-state index in [0.29, 0.717) is 4.85 Å². The van der Waals surface area contributed by atoms with Crippen molar-refractivity contribution in [3.8, 4) is 5.75 Å². The second-order valence-electron chi connectivity index (χ2n) is 3.25. The SMILES string of the molecule is Cc1cc(Br)ccc1OC/C=[N+](\O)N=C(N)N. The first-order valence-corrected chi connectivity index (χ1v) is 5.58. The summed E-state index contributed by atoms with van der Waals surface area (Å²) < 4.78 is 6.40. The minimum absolute atomic E-state index is 0.149. The molecule has 0 aliphatic carbocycles. The molecule has 0 spiro atoms. The third kappa shape index (κ3) is 4.73. The number of hydrazone groups is 1. The minimum Gasteiger partial charge on any atom is -0.483 e. The quantitative estimate of drug-likeness (QED) is 0.252. The van der Waals surface area contributed by atoms with Gasteiger partial charge in [0.15, 0.2) is 6.61 Å². The van der Waals surface area contributed by atoms with Gasteiger partial charge in [0.25, 0.3) is 12.2 Å². The fraction of sp³-hybridized carbons (Fsp3) is 0.200. The Bertz CT molecular complexity index is 456. The molecule has 7 heteroatoms. The Labute approximate surface area is 107 Å². The van der Waals surface area contributed by atoms with Crippen LogP contribution in [0.25, 0.3) is 0 Å². The Balaban J connectivity index is 2.59. The molecule has 0 aliphatic rings. The third-order valence-electron chi connectivity index (χ3n) is 1.83. The van der Waals surface area contributed by atoms with Gasteiger partial charge >= 0.3 is 0 Å². The number of rotatable bonds is 4. The highest BCUT2D eigenvalue weighted by atomic mass is 79.9. The fourth-order valence-corrected chi connectivity index (χ4v) is 1.60. The normalized spacial score (nSPS) is 11.1. The summed E-state index contributed by atoms with van der Waals surface area (Å²) in [4.78, 5) is 0.517. The molecule has 0 aliphatic heterocycles. The largest absolute Gasteiger partial charge is 0.483 e. The molecule has 0 atom stereocenters. The second kappa shape index (κ2) is 6.09. The van der Waals surface area contributed by atoms with Gasteiger partial charge in [-0.25, -0.2) is 0 Å². The maximum Gasteiger partial charge on any atom is 0.268 e. The van der Waals surface area contributed by atoms with Crippen molar-refractivity contribution in [3.63, 3.8) is 0 Å². The lowest BCUT2D eigenvalue weighted by Gasteiger charge is -2.05. The van der Waals surface area contributed by atoms with E-state index in [1.807, 2.05) is 25.1 Å². The van der Waals surface area contributed by atoms with Gasteiger partial charge in [0.05, 0.1) is 5.10 Å². The van der Waals surface area contributed by atoms with Crippen LogP contribution in [0, 0.1) is 6.92 Å². The molecule has 0 radical (unpaired) electrons. The topological polar surface area (TPSA) is 96.9 Å². The van der Waals surface area contributed by atoms with Crippen LogP contribution in [0.5, 0.6) is 5.75 Å². The maximum atomic E-state index is 9.15. The van der Waals surface area contributed by atoms with Crippen molar-refractivity contribution in [2.75, 3.05) is 6.61 Å². The predicted molar refractivity (Wildman–Crippen MR) is 68.3 cm³/mol. The van der Waals surface area contributed by atoms with Crippen molar-refractivity contribution in [1.29, 1.82) is 0 Å². The third-order valence-corrected chi connectivity index (χ3v) is 2.32. The lowest BCUT2D eigenvalue weighted by Crippen LogP contribution is -2.25. The fourth-order valence-electron chi connectivity index (χ4n) is 1.13. The van der Waals surface area contributed by atoms with Gasteiger partial charge < -0.3 is 16.2 Å². The van der Waals surface area contributed by atoms with Crippen LogP contribution in [0.3, 0.4) is 0 Å². The van der Waals surface area contributed by atoms with Crippen LogP contribution >= 0.6 is 15.9 Å². The van der Waals surface area contributed by atoms with E-state index >= 15 is 0 Å². The van der Waals surface area contributed by atoms with Gasteiger partial charge in [-0.3, -0.25) is 5.21 Å². The molecule has 0 saturated carbocycles. The molecule has 0 saturated heterocycles. The summed E-state index contributed by atoms with van der Waals surface area (Å²) in [6, 6.07) is 5.63. The maximum absolute atomic E-state index is 9.15. The van der Waals surface area contributed by atoms with E-state index in [1.54, 1.807) is 0 Å². The van der Waals surface area contributed by atoms with Crippen LogP contribution in [0.4, 0.5) is 0 Å². The molecule has 0 amide bonds. The summed E-state index contributed by atoms with van der Waals surface area (Å²) in [7, 11) is 0. The second-order valence-corrected chi connectivity index (χ2v) is 4.16. The molecular weight excluding hydrogens is 288 g/mol. The first-order valence-electron chi connectivity index (χ1n) is 4.79. The Hall–Kier alpha value is -1.76. The van der Waals surface area contributed by atoms with Crippen molar-refractivity contribution in [2.45, 2.75) is 6.92 Å². The van der Waals surface area contributed by atoms with E-state index in [0.717, 1.165) is 15.8 Å². The number of hydrogen-bond acceptors (Lipinski definition) is 3. The Kier molecular flexibility index (Phi) is 4.77. The van der Waals surface area contributed by atoms with Gasteiger partial charge in [0, 0.05) is 4.47 Å². The first-order chi connectivity index (χ1) is 7.99. The zero-order chi connectivity index (χ0) is 12.8. The van der Waals surface area contributed by atoms with E-state index in [9.17, 15) is 0 Å². The number of hydrogen-bond donors (Lipinski definition) is 3. The summed E-state index contributed by atoms with van der Waals surface area (Å²) in [6.45, 7) is 2.07. The molecule has 1 aromatic rings. The molecular formula is C10H14BrN4O2+. The molecule has 0 fully saturated rings. The first kappa shape index (κ1) is 13.3. The average molecular weight is 302 g/mol. The molecule has 1 rings (SSSR count). The van der Waals surface area contributed by atoms with E-state index in [2.05, 4.69) is 21.0 Å². The molecule has 6 nitrogen and oxygen atoms in total. The molecule has 92 valence electrons. The smallest absolute Gasteiger partial charge is 0.268 e. The number of nitrogens with two attached hydrogens (primary N) is 2. The van der Waals surface area contributed by atoms with Crippen LogP contribution in [0.15, 0.2) is 27.8 Å². The van der Waals surface area contributed by atoms with Crippen molar-refractivity contribution in [2.24, 2.45) is 16.6 Å². The van der Waals surface area contributed by atoms with Gasteiger partial charge in [0.1, 0.15) is 10.6 Å². The Morgan fingerprint density at radius 1 is 1.59 bits per heavy atom. The summed E-state index contributed by atoms with van der Waals surface area (Å²) in [5, 5.41) is 12.5. The highest BCUT2D eigenvalue weighted by Gasteiger charge is 2.02. The molecule has 1 aromatic carbocycles. The zero-order valence-electron chi connectivity index (χ0n) is 9.30. The standard InChI is InChI=1S/C10H14BrN4O2/c1-7-6-8(11)2-3-9(7)17-5-4-15(16)14-10(12)13/h2-4,6,16H,5H2,1H3,(H4,12,13,14)/q+1/b15-4-. The molecule has 0 aromatic heterocycles. The number of benzene rings is 1. The van der Waals surface area contributed by atoms with E-state index in [-0.39, 0.29) is 12.6 Å². The Morgan fingerprint density at radius 3 is 2.88 bits per heavy atom. The number of aryl methyl sites for hydroxylation is 1. The van der Waals surface area contributed by atoms with Crippen molar-refractivity contribution < 1.29 is 14.8 Å². The number of guanidine groups is 1. The zero-order valence-corrected chi connectivity index (χ0v) is 10.9. The van der Waals surface area contributed by atoms with Gasteiger partial charge in [-0.2, -0.15) is 0 Å². The van der Waals surface area contributed by atoms with Gasteiger partial charge in [-0.05, 0) is 30.7 Å². The molecule has 17 heavy (non-hydrogen) atoms. The van der Waals surface area contributed by atoms with Crippen LogP contribution in [-0.2, 0) is 0 Å². The lowest BCUT2D eigenvalue weighted by atomic mass is 10.2. The molecule has 0 bridgehead atoms. The summed E-state index contributed by atoms with van der Waals surface area (Å²) in [6.07, 6.45) is 1.29. The minimum atomic E-state index is -0.233. The number of nitrogens with zero attached hydrogens (tertiary/aromatic N) is 2. The van der Waals surface area contributed by atoms with Crippen molar-refractivity contribution in [1.82, 2.24) is 0 Å². The van der Waals surface area contributed by atoms with Crippen LogP contribution in [0.1, 0.15) is 5.56 Å². The van der Waals surface area contributed by atoms with Crippen molar-refractivity contribution in [3.05, 3.63) is 28.2 Å². The van der Waals surface area contributed by atoms with E-state index in [1.165, 1.54) is 6.21 Å². The lowest BCUT2D eigenvalue weighted by molar-refractivity contribution is -0.777. The summed E-state index contributed by atoms with van der Waals surface area (Å²) >= 11 is 3.36. The van der Waals surface area contributed by atoms with Gasteiger partial charge in [-0.15, -0.1) is 0 Å². The number of halogens is 1. The van der Waals surface area contributed by atoms with Gasteiger partial charge in [0.2, 0.25) is 0 Å².